The smallest absolute Gasteiger partial charge is 0.263 e. The number of methoxy groups -OCH3 is 1. The fraction of sp³-hybridized carbons (Fsp3) is 0.450. The summed E-state index contributed by atoms with van der Waals surface area (Å²) >= 11 is 11.1. The normalized spacial score (nSPS) is 13.8. The monoisotopic (exact) mass is 424 g/mol. The molecule has 28 heavy (non-hydrogen) atoms. The summed E-state index contributed by atoms with van der Waals surface area (Å²) in [5.74, 6) is -0.226. The Kier molecular flexibility index (Phi) is 8.73. The van der Waals surface area contributed by atoms with Gasteiger partial charge in [-0.15, -0.1) is 0 Å². The van der Waals surface area contributed by atoms with Gasteiger partial charge in [-0.2, -0.15) is 0 Å². The Bertz CT molecular complexity index is 758. The average molecular weight is 425 g/mol. The van der Waals surface area contributed by atoms with E-state index in [2.05, 4.69) is 17.6 Å². The Morgan fingerprint density at radius 3 is 2.36 bits per heavy atom. The number of hydrogen-bond donors (Lipinski definition) is 2. The first kappa shape index (κ1) is 22.2. The van der Waals surface area contributed by atoms with Crippen LogP contribution in [0.15, 0.2) is 17.7 Å². The van der Waals surface area contributed by atoms with E-state index in [0.29, 0.717) is 28.7 Å². The highest BCUT2D eigenvalue weighted by atomic mass is 35.5. The molecule has 0 atom stereocenters. The van der Waals surface area contributed by atoms with E-state index in [4.69, 9.17) is 33.3 Å². The van der Waals surface area contributed by atoms with Crippen molar-refractivity contribution in [3.05, 3.63) is 28.3 Å². The Labute approximate surface area is 175 Å². The van der Waals surface area contributed by atoms with Gasteiger partial charge in [0.1, 0.15) is 5.57 Å². The second-order valence-electron chi connectivity index (χ2n) is 6.45. The van der Waals surface area contributed by atoms with Gasteiger partial charge in [0.15, 0.2) is 16.6 Å². The molecule has 2 rings (SSSR count). The van der Waals surface area contributed by atoms with E-state index in [1.807, 2.05) is 0 Å². The van der Waals surface area contributed by atoms with Gasteiger partial charge in [0.25, 0.3) is 11.8 Å². The first-order valence-electron chi connectivity index (χ1n) is 9.35. The van der Waals surface area contributed by atoms with Crippen molar-refractivity contribution in [2.24, 2.45) is 0 Å². The number of carbonyl (C=O) groups excluding carboxylic acids is 2. The van der Waals surface area contributed by atoms with Gasteiger partial charge in [0.05, 0.1) is 18.7 Å². The number of halogens is 1. The maximum Gasteiger partial charge on any atom is 0.263 e. The van der Waals surface area contributed by atoms with Crippen molar-refractivity contribution in [3.63, 3.8) is 0 Å². The van der Waals surface area contributed by atoms with E-state index in [9.17, 15) is 9.59 Å². The van der Waals surface area contributed by atoms with E-state index in [1.165, 1.54) is 38.9 Å². The van der Waals surface area contributed by atoms with Gasteiger partial charge in [0, 0.05) is 0 Å². The minimum atomic E-state index is -0.563. The van der Waals surface area contributed by atoms with Crippen LogP contribution in [0.3, 0.4) is 0 Å². The van der Waals surface area contributed by atoms with E-state index in [1.54, 1.807) is 12.1 Å². The van der Waals surface area contributed by atoms with Crippen LogP contribution in [0.5, 0.6) is 11.5 Å². The molecule has 6 nitrogen and oxygen atoms in total. The third-order valence-electron chi connectivity index (χ3n) is 4.25. The number of rotatable bonds is 10. The molecule has 0 saturated carbocycles. The first-order valence-corrected chi connectivity index (χ1v) is 10.1. The number of thiocarbonyl (C=S) groups is 1. The molecule has 1 saturated heterocycles. The SMILES string of the molecule is CCCCCCCCOc1c(Cl)cc(C=C2C(=O)NC(=S)NC2=O)cc1OC. The highest BCUT2D eigenvalue weighted by Crippen LogP contribution is 2.37. The zero-order chi connectivity index (χ0) is 20.5. The molecular formula is C20H25ClN2O4S. The second kappa shape index (κ2) is 11.0. The first-order chi connectivity index (χ1) is 13.5. The Hall–Kier alpha value is -2.12. The highest BCUT2D eigenvalue weighted by Gasteiger charge is 2.26. The third kappa shape index (κ3) is 6.21. The summed E-state index contributed by atoms with van der Waals surface area (Å²) in [7, 11) is 1.51. The molecule has 0 radical (unpaired) electrons. The van der Waals surface area contributed by atoms with E-state index in [0.717, 1.165) is 12.8 Å². The van der Waals surface area contributed by atoms with Gasteiger partial charge in [0.2, 0.25) is 0 Å². The van der Waals surface area contributed by atoms with Gasteiger partial charge in [-0.05, 0) is 42.4 Å². The lowest BCUT2D eigenvalue weighted by molar-refractivity contribution is -0.123. The number of nitrogens with one attached hydrogen (secondary N) is 2. The van der Waals surface area contributed by atoms with Crippen LogP contribution >= 0.6 is 23.8 Å². The van der Waals surface area contributed by atoms with Gasteiger partial charge in [-0.25, -0.2) is 0 Å². The third-order valence-corrected chi connectivity index (χ3v) is 4.74. The van der Waals surface area contributed by atoms with Crippen LogP contribution in [0, 0.1) is 0 Å². The summed E-state index contributed by atoms with van der Waals surface area (Å²) in [6, 6.07) is 3.30. The van der Waals surface area contributed by atoms with Crippen molar-refractivity contribution in [1.29, 1.82) is 0 Å². The maximum atomic E-state index is 12.0. The molecule has 1 heterocycles. The van der Waals surface area contributed by atoms with Gasteiger partial charge < -0.3 is 9.47 Å². The van der Waals surface area contributed by atoms with Crippen molar-refractivity contribution in [2.45, 2.75) is 45.4 Å². The van der Waals surface area contributed by atoms with Crippen LogP contribution in [0.2, 0.25) is 5.02 Å². The molecule has 1 aliphatic rings. The Morgan fingerprint density at radius 2 is 1.71 bits per heavy atom. The van der Waals surface area contributed by atoms with Gasteiger partial charge in [-0.1, -0.05) is 50.6 Å². The standard InChI is InChI=1S/C20H25ClN2O4S/c1-3-4-5-6-7-8-9-27-17-15(21)11-13(12-16(17)26-2)10-14-18(24)22-20(28)23-19(14)25/h10-12H,3-9H2,1-2H3,(H2,22,23,24,25,28). The summed E-state index contributed by atoms with van der Waals surface area (Å²) in [6.45, 7) is 2.74. The molecule has 0 aromatic heterocycles. The van der Waals surface area contributed by atoms with E-state index in [-0.39, 0.29) is 10.7 Å². The van der Waals surface area contributed by atoms with Crippen LogP contribution in [0.1, 0.15) is 51.0 Å². The molecular weight excluding hydrogens is 400 g/mol. The van der Waals surface area contributed by atoms with Crippen molar-refractivity contribution in [3.8, 4) is 11.5 Å². The quantitative estimate of drug-likeness (QED) is 0.257. The van der Waals surface area contributed by atoms with Crippen LogP contribution in [-0.4, -0.2) is 30.6 Å². The van der Waals surface area contributed by atoms with E-state index >= 15 is 0 Å². The van der Waals surface area contributed by atoms with E-state index < -0.39 is 11.8 Å². The number of benzene rings is 1. The molecule has 2 amide bonds. The minimum absolute atomic E-state index is 0.0128. The number of hydrogen-bond acceptors (Lipinski definition) is 5. The number of carbonyl (C=O) groups is 2. The topological polar surface area (TPSA) is 76.7 Å². The zero-order valence-corrected chi connectivity index (χ0v) is 17.7. The molecule has 0 aliphatic carbocycles. The van der Waals surface area contributed by atoms with Crippen molar-refractivity contribution < 1.29 is 19.1 Å². The lowest BCUT2D eigenvalue weighted by Gasteiger charge is -2.17. The lowest BCUT2D eigenvalue weighted by Crippen LogP contribution is -2.51. The average Bonchev–Trinajstić information content (AvgIpc) is 2.64. The summed E-state index contributed by atoms with van der Waals surface area (Å²) < 4.78 is 11.2. The fourth-order valence-electron chi connectivity index (χ4n) is 2.79. The van der Waals surface area contributed by atoms with Crippen LogP contribution in [0.25, 0.3) is 6.08 Å². The van der Waals surface area contributed by atoms with Crippen LogP contribution in [0.4, 0.5) is 0 Å². The zero-order valence-electron chi connectivity index (χ0n) is 16.1. The fourth-order valence-corrected chi connectivity index (χ4v) is 3.25. The van der Waals surface area contributed by atoms with Crippen LogP contribution in [-0.2, 0) is 9.59 Å². The van der Waals surface area contributed by atoms with Crippen molar-refractivity contribution in [2.75, 3.05) is 13.7 Å². The predicted octanol–water partition coefficient (Wildman–Crippen LogP) is 4.00. The summed E-state index contributed by atoms with van der Waals surface area (Å²) in [5.41, 5.74) is 0.481. The number of ether oxygens (including phenoxy) is 2. The summed E-state index contributed by atoms with van der Waals surface area (Å²) in [4.78, 5) is 24.0. The maximum absolute atomic E-state index is 12.0. The molecule has 152 valence electrons. The summed E-state index contributed by atoms with van der Waals surface area (Å²) in [6.07, 6.45) is 8.41. The Morgan fingerprint density at radius 1 is 1.07 bits per heavy atom. The molecule has 1 aliphatic heterocycles. The van der Waals surface area contributed by atoms with Gasteiger partial charge in [-0.3, -0.25) is 20.2 Å². The lowest BCUT2D eigenvalue weighted by atomic mass is 10.1. The predicted molar refractivity (Wildman–Crippen MR) is 114 cm³/mol. The molecule has 0 bridgehead atoms. The summed E-state index contributed by atoms with van der Waals surface area (Å²) in [5, 5.41) is 5.12. The molecule has 8 heteroatoms. The van der Waals surface area contributed by atoms with Crippen LogP contribution < -0.4 is 20.1 Å². The molecule has 0 unspecified atom stereocenters. The minimum Gasteiger partial charge on any atom is -0.493 e. The largest absolute Gasteiger partial charge is 0.493 e. The second-order valence-corrected chi connectivity index (χ2v) is 7.26. The number of amides is 2. The molecule has 1 aromatic rings. The van der Waals surface area contributed by atoms with Crippen molar-refractivity contribution >= 4 is 46.8 Å². The van der Waals surface area contributed by atoms with Gasteiger partial charge >= 0.3 is 0 Å². The molecule has 2 N–H and O–H groups in total. The molecule has 1 fully saturated rings. The molecule has 0 spiro atoms. The number of unbranched alkanes of at least 4 members (excludes halogenated alkanes) is 5. The molecule has 1 aromatic carbocycles. The Balaban J connectivity index is 2.06. The van der Waals surface area contributed by atoms with Crippen molar-refractivity contribution in [1.82, 2.24) is 10.6 Å². The highest BCUT2D eigenvalue weighted by molar-refractivity contribution is 7.80.